The SMILES string of the molecule is Cc1ccc(S(=O)(=O)n2ccc3c2ncc2nnc(C4CC(CCC#N)CC4C)n23)cc1.[C-]#[N+]CCC1CC(C)C(C(=O)NNc2cnc3c(ccn3S(=O)(=O)c3ccc(C)cc3)n2)C1. The van der Waals surface area contributed by atoms with Crippen LogP contribution in [-0.4, -0.2) is 66.8 Å². The van der Waals surface area contributed by atoms with Crippen molar-refractivity contribution in [1.29, 1.82) is 5.26 Å². The summed E-state index contributed by atoms with van der Waals surface area (Å²) < 4.78 is 56.8. The lowest BCUT2D eigenvalue weighted by Gasteiger charge is -2.15. The Kier molecular flexibility index (Phi) is 12.7. The zero-order valence-electron chi connectivity index (χ0n) is 36.5. The van der Waals surface area contributed by atoms with Gasteiger partial charge in [0.2, 0.25) is 12.5 Å². The molecule has 5 aromatic heterocycles. The number of carbonyl (C=O) groups excluding carboxylic acids is 1. The number of aryl methyl sites for hydroxylation is 2. The molecule has 0 radical (unpaired) electrons. The summed E-state index contributed by atoms with van der Waals surface area (Å²) >= 11 is 0. The molecule has 6 atom stereocenters. The average Bonchev–Trinajstić information content (AvgIpc) is 4.14. The number of amides is 1. The first-order chi connectivity index (χ1) is 31.2. The van der Waals surface area contributed by atoms with Gasteiger partial charge in [0.05, 0.1) is 33.8 Å². The average molecular weight is 915 g/mol. The summed E-state index contributed by atoms with van der Waals surface area (Å²) in [6.45, 7) is 15.5. The molecule has 19 heteroatoms. The van der Waals surface area contributed by atoms with E-state index in [0.29, 0.717) is 58.9 Å². The molecule has 0 spiro atoms. The normalized spacial score (nSPS) is 20.9. The van der Waals surface area contributed by atoms with Crippen molar-refractivity contribution in [2.24, 2.45) is 29.6 Å². The fourth-order valence-electron chi connectivity index (χ4n) is 9.36. The summed E-state index contributed by atoms with van der Waals surface area (Å²) in [6, 6.07) is 19.0. The lowest BCUT2D eigenvalue weighted by molar-refractivity contribution is -0.125. The molecule has 17 nitrogen and oxygen atoms in total. The smallest absolute Gasteiger partial charge is 0.269 e. The van der Waals surface area contributed by atoms with Gasteiger partial charge in [-0.25, -0.2) is 46.3 Å². The van der Waals surface area contributed by atoms with Crippen LogP contribution in [-0.2, 0) is 24.8 Å². The number of hydrazine groups is 1. The van der Waals surface area contributed by atoms with Crippen LogP contribution in [0.15, 0.2) is 95.2 Å². The van der Waals surface area contributed by atoms with Crippen molar-refractivity contribution in [3.05, 3.63) is 114 Å². The first-order valence-electron chi connectivity index (χ1n) is 21.6. The summed E-state index contributed by atoms with van der Waals surface area (Å²) in [5, 5.41) is 17.7. The molecule has 9 rings (SSSR count). The van der Waals surface area contributed by atoms with E-state index < -0.39 is 20.0 Å². The molecule has 5 heterocycles. The molecule has 6 unspecified atom stereocenters. The monoisotopic (exact) mass is 914 g/mol. The zero-order valence-corrected chi connectivity index (χ0v) is 38.2. The summed E-state index contributed by atoms with van der Waals surface area (Å²) in [6.07, 6.45) is 12.0. The highest BCUT2D eigenvalue weighted by Crippen LogP contribution is 2.44. The summed E-state index contributed by atoms with van der Waals surface area (Å²) in [5.41, 5.74) is 9.69. The molecule has 336 valence electrons. The van der Waals surface area contributed by atoms with Crippen molar-refractivity contribution in [2.45, 2.75) is 88.3 Å². The fourth-order valence-corrected chi connectivity index (χ4v) is 12.0. The first kappa shape index (κ1) is 44.9. The molecule has 2 N–H and O–H groups in total. The van der Waals surface area contributed by atoms with E-state index in [0.717, 1.165) is 59.4 Å². The van der Waals surface area contributed by atoms with Gasteiger partial charge in [-0.15, -0.1) is 10.2 Å². The van der Waals surface area contributed by atoms with E-state index >= 15 is 0 Å². The van der Waals surface area contributed by atoms with Crippen molar-refractivity contribution >= 4 is 59.7 Å². The molecule has 2 aliphatic carbocycles. The van der Waals surface area contributed by atoms with Crippen LogP contribution in [0.5, 0.6) is 0 Å². The predicted octanol–water partition coefficient (Wildman–Crippen LogP) is 7.45. The maximum atomic E-state index is 13.3. The Morgan fingerprint density at radius 2 is 1.42 bits per heavy atom. The van der Waals surface area contributed by atoms with Gasteiger partial charge in [0, 0.05) is 37.1 Å². The Hall–Kier alpha value is -6.70. The zero-order chi connectivity index (χ0) is 46.0. The highest BCUT2D eigenvalue weighted by atomic mass is 32.2. The van der Waals surface area contributed by atoms with Crippen molar-refractivity contribution in [2.75, 3.05) is 12.0 Å². The Morgan fingerprint density at radius 1 is 0.800 bits per heavy atom. The summed E-state index contributed by atoms with van der Waals surface area (Å²) in [7, 11) is -7.58. The van der Waals surface area contributed by atoms with Gasteiger partial charge in [-0.2, -0.15) is 5.26 Å². The Balaban J connectivity index is 0.000000177. The number of benzene rings is 2. The maximum Gasteiger partial charge on any atom is 0.269 e. The highest BCUT2D eigenvalue weighted by molar-refractivity contribution is 7.90. The van der Waals surface area contributed by atoms with Gasteiger partial charge in [0.15, 0.2) is 22.8 Å². The standard InChI is InChI=1S/C23H26N6O3S.C23H24N6O2S/c1-15-4-6-18(7-5-15)33(31,32)29-11-9-20-22(29)25-14-21(26-20)27-28-23(30)19-13-17(8-10-24-3)12-16(19)2;1-15-5-7-18(8-6-15)32(30,31)28-11-9-20-23(28)25-14-21-26-27-22(29(20)21)19-13-17(4-3-10-24)12-16(19)2/h4-7,9,11,14,16-17,19H,8,10,12-13H2,1-2H3,(H,26,27)(H,28,30);5-9,11,14,16-17,19H,3-4,12-13H2,1-2H3. The predicted molar refractivity (Wildman–Crippen MR) is 244 cm³/mol. The van der Waals surface area contributed by atoms with Gasteiger partial charge in [-0.3, -0.25) is 20.0 Å². The van der Waals surface area contributed by atoms with Gasteiger partial charge in [0.25, 0.3) is 20.0 Å². The number of aromatic nitrogens is 8. The minimum atomic E-state index is -3.80. The van der Waals surface area contributed by atoms with Crippen LogP contribution >= 0.6 is 0 Å². The number of nitrogens with one attached hydrogen (secondary N) is 2. The molecule has 0 aliphatic heterocycles. The number of hydrogen-bond donors (Lipinski definition) is 2. The fraction of sp³-hybridized carbons (Fsp3) is 0.391. The van der Waals surface area contributed by atoms with E-state index in [-0.39, 0.29) is 39.1 Å². The number of nitrogens with zero attached hydrogens (tertiary/aromatic N) is 10. The Bertz CT molecular complexity index is 3180. The topological polar surface area (TPSA) is 216 Å². The van der Waals surface area contributed by atoms with Crippen molar-refractivity contribution in [1.82, 2.24) is 42.9 Å². The van der Waals surface area contributed by atoms with Gasteiger partial charge >= 0.3 is 0 Å². The van der Waals surface area contributed by atoms with Gasteiger partial charge in [-0.1, -0.05) is 49.2 Å². The second-order valence-electron chi connectivity index (χ2n) is 17.4. The van der Waals surface area contributed by atoms with Crippen LogP contribution in [0.2, 0.25) is 0 Å². The number of nitriles is 1. The van der Waals surface area contributed by atoms with E-state index in [4.69, 9.17) is 11.8 Å². The maximum absolute atomic E-state index is 13.3. The molecule has 65 heavy (non-hydrogen) atoms. The Labute approximate surface area is 377 Å². The minimum absolute atomic E-state index is 0.116. The van der Waals surface area contributed by atoms with Crippen LogP contribution in [0.1, 0.15) is 81.7 Å². The van der Waals surface area contributed by atoms with Crippen LogP contribution in [0.4, 0.5) is 5.82 Å². The molecule has 2 saturated carbocycles. The van der Waals surface area contributed by atoms with Crippen LogP contribution < -0.4 is 10.9 Å². The largest absolute Gasteiger partial charge is 0.317 e. The Morgan fingerprint density at radius 3 is 2.08 bits per heavy atom. The van der Waals surface area contributed by atoms with E-state index in [9.17, 15) is 21.6 Å². The minimum Gasteiger partial charge on any atom is -0.317 e. The van der Waals surface area contributed by atoms with Gasteiger partial charge in [0.1, 0.15) is 11.3 Å². The molecule has 1 amide bonds. The lowest BCUT2D eigenvalue weighted by Crippen LogP contribution is -2.36. The van der Waals surface area contributed by atoms with Crippen molar-refractivity contribution in [3.63, 3.8) is 0 Å². The number of carbonyl (C=O) groups is 1. The van der Waals surface area contributed by atoms with Crippen molar-refractivity contribution < 1.29 is 21.6 Å². The number of anilines is 1. The summed E-state index contributed by atoms with van der Waals surface area (Å²) in [4.78, 5) is 29.5. The third-order valence-electron chi connectivity index (χ3n) is 12.8. The van der Waals surface area contributed by atoms with Crippen LogP contribution in [0.25, 0.3) is 32.8 Å². The number of fused-ring (bicyclic) bond motifs is 4. The van der Waals surface area contributed by atoms with Gasteiger partial charge in [-0.05, 0) is 106 Å². The quantitative estimate of drug-likeness (QED) is 0.0903. The van der Waals surface area contributed by atoms with Crippen LogP contribution in [0.3, 0.4) is 0 Å². The second-order valence-corrected chi connectivity index (χ2v) is 21.0. The first-order valence-corrected chi connectivity index (χ1v) is 24.5. The van der Waals surface area contributed by atoms with Crippen molar-refractivity contribution in [3.8, 4) is 6.07 Å². The highest BCUT2D eigenvalue weighted by Gasteiger charge is 2.37. The summed E-state index contributed by atoms with van der Waals surface area (Å²) in [5.74, 6) is 2.67. The van der Waals surface area contributed by atoms with Crippen LogP contribution in [0, 0.1) is 61.3 Å². The molecule has 2 aliphatic rings. The third-order valence-corrected chi connectivity index (χ3v) is 16.2. The van der Waals surface area contributed by atoms with E-state index in [1.165, 1.54) is 16.4 Å². The lowest BCUT2D eigenvalue weighted by atomic mass is 9.97. The van der Waals surface area contributed by atoms with E-state index in [1.54, 1.807) is 73.1 Å². The second kappa shape index (κ2) is 18.4. The number of hydrogen-bond acceptors (Lipinski definition) is 12. The number of rotatable bonds is 12. The van der Waals surface area contributed by atoms with E-state index in [2.05, 4.69) is 60.8 Å². The van der Waals surface area contributed by atoms with E-state index in [1.807, 2.05) is 18.2 Å². The molecular weight excluding hydrogens is 865 g/mol. The molecular formula is C46H50N12O5S2. The molecule has 7 aromatic rings. The third kappa shape index (κ3) is 9.03. The molecule has 2 aromatic carbocycles. The molecule has 2 fully saturated rings. The molecule has 0 saturated heterocycles. The molecule has 0 bridgehead atoms. The van der Waals surface area contributed by atoms with Gasteiger partial charge < -0.3 is 4.85 Å².